The lowest BCUT2D eigenvalue weighted by molar-refractivity contribution is -0.137. The van der Waals surface area contributed by atoms with Crippen molar-refractivity contribution in [3.63, 3.8) is 0 Å². The van der Waals surface area contributed by atoms with Crippen LogP contribution in [-0.4, -0.2) is 37.7 Å². The van der Waals surface area contributed by atoms with Crippen molar-refractivity contribution in [1.29, 1.82) is 5.26 Å². The van der Waals surface area contributed by atoms with E-state index in [2.05, 4.69) is 15.6 Å². The Morgan fingerprint density at radius 2 is 1.80 bits per heavy atom. The molecule has 11 heteroatoms. The number of amides is 1. The second-order valence-electron chi connectivity index (χ2n) is 11.8. The average Bonchev–Trinajstić information content (AvgIpc) is 3.57. The number of alkyl halides is 3. The lowest BCUT2D eigenvalue weighted by atomic mass is 9.98. The Balaban J connectivity index is 1.49. The second kappa shape index (κ2) is 11.7. The molecule has 0 aliphatic carbocycles. The Kier molecular flexibility index (Phi) is 8.12. The van der Waals surface area contributed by atoms with E-state index in [1.807, 2.05) is 26.8 Å². The summed E-state index contributed by atoms with van der Waals surface area (Å²) in [6, 6.07) is 13.8. The van der Waals surface area contributed by atoms with E-state index in [0.29, 0.717) is 34.3 Å². The molecule has 0 fully saturated rings. The first-order chi connectivity index (χ1) is 21.2. The highest BCUT2D eigenvalue weighted by Crippen LogP contribution is 2.41. The summed E-state index contributed by atoms with van der Waals surface area (Å²) in [5.74, 6) is -0.856. The molecular formula is C34H31F3N6O2. The van der Waals surface area contributed by atoms with Crippen LogP contribution in [0.15, 0.2) is 73.2 Å². The van der Waals surface area contributed by atoms with Crippen molar-refractivity contribution >= 4 is 33.9 Å². The number of aromatic nitrogens is 3. The first-order valence-corrected chi connectivity index (χ1v) is 14.1. The lowest BCUT2D eigenvalue weighted by Crippen LogP contribution is -2.35. The minimum Gasteiger partial charge on any atom is -0.334 e. The number of hydrogen-bond acceptors (Lipinski definition) is 5. The number of benzene rings is 2. The van der Waals surface area contributed by atoms with E-state index in [1.54, 1.807) is 56.6 Å². The number of carbonyl (C=O) groups excluding carboxylic acids is 2. The maximum Gasteiger partial charge on any atom is 0.417 e. The van der Waals surface area contributed by atoms with E-state index in [-0.39, 0.29) is 33.5 Å². The monoisotopic (exact) mass is 612 g/mol. The van der Waals surface area contributed by atoms with Crippen LogP contribution in [0.4, 0.5) is 18.9 Å². The highest BCUT2D eigenvalue weighted by molar-refractivity contribution is 6.10. The third kappa shape index (κ3) is 6.37. The number of nitrogens with zero attached hydrogens (tertiary/aromatic N) is 4. The van der Waals surface area contributed by atoms with Crippen molar-refractivity contribution in [1.82, 2.24) is 19.3 Å². The number of imidazole rings is 1. The quantitative estimate of drug-likeness (QED) is 0.155. The fraction of sp³-hybridized carbons (Fsp3) is 0.235. The molecule has 1 amide bonds. The van der Waals surface area contributed by atoms with Gasteiger partial charge in [0.1, 0.15) is 6.07 Å². The van der Waals surface area contributed by atoms with Crippen LogP contribution in [0.25, 0.3) is 27.7 Å². The first-order valence-electron chi connectivity index (χ1n) is 14.1. The summed E-state index contributed by atoms with van der Waals surface area (Å²) >= 11 is 0. The molecule has 2 aromatic carbocycles. The van der Waals surface area contributed by atoms with Gasteiger partial charge in [0.2, 0.25) is 11.7 Å². The number of fused-ring (bicyclic) bond motifs is 2. The molecule has 8 nitrogen and oxygen atoms in total. The summed E-state index contributed by atoms with van der Waals surface area (Å²) in [6.45, 7) is 8.19. The van der Waals surface area contributed by atoms with Gasteiger partial charge in [-0.15, -0.1) is 0 Å². The Hall–Kier alpha value is -5.21. The summed E-state index contributed by atoms with van der Waals surface area (Å²) in [6.07, 6.45) is 1.48. The van der Waals surface area contributed by atoms with E-state index in [9.17, 15) is 28.0 Å². The highest BCUT2D eigenvalue weighted by Gasteiger charge is 2.35. The maximum atomic E-state index is 14.2. The Labute approximate surface area is 257 Å². The molecule has 0 radical (unpaired) electrons. The lowest BCUT2D eigenvalue weighted by Gasteiger charge is -2.18. The van der Waals surface area contributed by atoms with Gasteiger partial charge in [0.15, 0.2) is 0 Å². The van der Waals surface area contributed by atoms with Crippen LogP contribution in [0.2, 0.25) is 0 Å². The number of rotatable bonds is 7. The van der Waals surface area contributed by atoms with Crippen LogP contribution in [0, 0.1) is 18.3 Å². The molecule has 3 aromatic heterocycles. The molecule has 0 atom stereocenters. The van der Waals surface area contributed by atoms with E-state index in [1.165, 1.54) is 33.5 Å². The number of nitrogens with one attached hydrogen (secondary N) is 2. The van der Waals surface area contributed by atoms with E-state index in [4.69, 9.17) is 0 Å². The van der Waals surface area contributed by atoms with Gasteiger partial charge in [-0.3, -0.25) is 9.59 Å². The van der Waals surface area contributed by atoms with Gasteiger partial charge in [0.05, 0.1) is 45.4 Å². The molecule has 0 aliphatic heterocycles. The van der Waals surface area contributed by atoms with E-state index >= 15 is 0 Å². The summed E-state index contributed by atoms with van der Waals surface area (Å²) in [5, 5.41) is 15.8. The zero-order valence-corrected chi connectivity index (χ0v) is 25.4. The normalized spacial score (nSPS) is 12.2. The van der Waals surface area contributed by atoms with Crippen LogP contribution in [0.1, 0.15) is 53.5 Å². The summed E-state index contributed by atoms with van der Waals surface area (Å²) in [5.41, 5.74) is 1.77. The third-order valence-corrected chi connectivity index (χ3v) is 7.37. The zero-order valence-electron chi connectivity index (χ0n) is 25.4. The summed E-state index contributed by atoms with van der Waals surface area (Å²) < 4.78 is 45.8. The molecule has 0 saturated heterocycles. The molecule has 3 heterocycles. The highest BCUT2D eigenvalue weighted by atomic mass is 19.4. The Morgan fingerprint density at radius 1 is 1.04 bits per heavy atom. The van der Waals surface area contributed by atoms with Crippen molar-refractivity contribution in [3.8, 4) is 17.2 Å². The average molecular weight is 613 g/mol. The number of pyridine rings is 1. The molecule has 2 N–H and O–H groups in total. The van der Waals surface area contributed by atoms with Crippen molar-refractivity contribution in [2.45, 2.75) is 39.4 Å². The van der Waals surface area contributed by atoms with Gasteiger partial charge in [-0.25, -0.2) is 4.98 Å². The van der Waals surface area contributed by atoms with Gasteiger partial charge >= 0.3 is 6.18 Å². The Morgan fingerprint density at radius 3 is 2.49 bits per heavy atom. The fourth-order valence-electron chi connectivity index (χ4n) is 5.20. The molecule has 0 unspecified atom stereocenters. The van der Waals surface area contributed by atoms with Crippen molar-refractivity contribution in [2.24, 2.45) is 7.05 Å². The molecule has 0 bridgehead atoms. The smallest absolute Gasteiger partial charge is 0.334 e. The van der Waals surface area contributed by atoms with Gasteiger partial charge in [0.25, 0.3) is 0 Å². The number of nitriles is 1. The van der Waals surface area contributed by atoms with Gasteiger partial charge in [-0.1, -0.05) is 12.1 Å². The van der Waals surface area contributed by atoms with Gasteiger partial charge in [-0.05, 0) is 81.3 Å². The van der Waals surface area contributed by atoms with Gasteiger partial charge in [0, 0.05) is 42.5 Å². The van der Waals surface area contributed by atoms with Crippen molar-refractivity contribution < 1.29 is 22.8 Å². The minimum absolute atomic E-state index is 0.0534. The predicted octanol–water partition coefficient (Wildman–Crippen LogP) is 6.81. The molecule has 0 spiro atoms. The molecule has 45 heavy (non-hydrogen) atoms. The van der Waals surface area contributed by atoms with Gasteiger partial charge in [-0.2, -0.15) is 18.4 Å². The van der Waals surface area contributed by atoms with Crippen LogP contribution in [-0.2, 0) is 18.0 Å². The molecule has 230 valence electrons. The molecule has 0 aliphatic rings. The molecule has 0 saturated carbocycles. The van der Waals surface area contributed by atoms with E-state index < -0.39 is 23.4 Å². The SMILES string of the molecule is Cc1cc(C(=O)c2ccc3c(-c4cc5ncn(C)c5cc4C(F)(F)F)cccn23)cc(C#N)c1NC(=O)/C=C/CNC(C)(C)C. The number of hydrogen-bond donors (Lipinski definition) is 2. The number of aryl methyl sites for hydroxylation is 2. The number of ketones is 1. The number of carbonyl (C=O) groups is 2. The third-order valence-electron chi connectivity index (χ3n) is 7.37. The molecule has 5 rings (SSSR count). The van der Waals surface area contributed by atoms with Crippen LogP contribution in [0.3, 0.4) is 0 Å². The summed E-state index contributed by atoms with van der Waals surface area (Å²) in [7, 11) is 1.63. The Bertz CT molecular complexity index is 2040. The number of halogens is 3. The van der Waals surface area contributed by atoms with E-state index in [0.717, 1.165) is 6.07 Å². The minimum atomic E-state index is -4.63. The van der Waals surface area contributed by atoms with Crippen LogP contribution < -0.4 is 10.6 Å². The zero-order chi connectivity index (χ0) is 32.7. The van der Waals surface area contributed by atoms with Crippen molar-refractivity contribution in [2.75, 3.05) is 11.9 Å². The molecule has 5 aromatic rings. The molecular weight excluding hydrogens is 581 g/mol. The topological polar surface area (TPSA) is 104 Å². The largest absolute Gasteiger partial charge is 0.417 e. The van der Waals surface area contributed by atoms with Crippen molar-refractivity contribution in [3.05, 3.63) is 101 Å². The van der Waals surface area contributed by atoms with Crippen LogP contribution in [0.5, 0.6) is 0 Å². The predicted molar refractivity (Wildman–Crippen MR) is 167 cm³/mol. The first kappa shape index (κ1) is 31.2. The number of anilines is 1. The fourth-order valence-corrected chi connectivity index (χ4v) is 5.20. The van der Waals surface area contributed by atoms with Crippen LogP contribution >= 0.6 is 0 Å². The standard InChI is InChI=1S/C34H31F3N6O2/c1-20-14-21(15-22(18-38)31(20)41-30(44)9-6-12-40-33(2,3)4)32(45)28-11-10-27-23(8-7-13-43(27)28)24-16-26-29(42(5)19-39-26)17-25(24)34(35,36)37/h6-11,13-17,19,40H,12H2,1-5H3,(H,41,44)/b9-6+. The summed E-state index contributed by atoms with van der Waals surface area (Å²) in [4.78, 5) is 30.5. The van der Waals surface area contributed by atoms with Gasteiger partial charge < -0.3 is 19.6 Å². The second-order valence-corrected chi connectivity index (χ2v) is 11.8. The maximum absolute atomic E-state index is 14.2.